The van der Waals surface area contributed by atoms with Crippen LogP contribution in [-0.4, -0.2) is 21.0 Å². The molecular formula is C16H26N2O2S. The molecule has 2 rings (SSSR count). The van der Waals surface area contributed by atoms with Crippen molar-refractivity contribution in [1.29, 1.82) is 0 Å². The van der Waals surface area contributed by atoms with Gasteiger partial charge in [-0.3, -0.25) is 0 Å². The van der Waals surface area contributed by atoms with Crippen molar-refractivity contribution >= 4 is 10.0 Å². The van der Waals surface area contributed by atoms with E-state index in [1.165, 1.54) is 0 Å². The van der Waals surface area contributed by atoms with Crippen LogP contribution in [0.3, 0.4) is 0 Å². The van der Waals surface area contributed by atoms with Crippen molar-refractivity contribution in [2.45, 2.75) is 58.0 Å². The quantitative estimate of drug-likeness (QED) is 0.761. The van der Waals surface area contributed by atoms with E-state index in [-0.39, 0.29) is 6.04 Å². The molecule has 2 N–H and O–H groups in total. The Hall–Kier alpha value is -0.910. The van der Waals surface area contributed by atoms with E-state index in [1.807, 2.05) is 13.8 Å². The lowest BCUT2D eigenvalue weighted by Gasteiger charge is -2.14. The van der Waals surface area contributed by atoms with E-state index < -0.39 is 10.0 Å². The zero-order valence-corrected chi connectivity index (χ0v) is 14.2. The summed E-state index contributed by atoms with van der Waals surface area (Å²) in [4.78, 5) is 0.426. The van der Waals surface area contributed by atoms with Gasteiger partial charge in [0, 0.05) is 12.6 Å². The second kappa shape index (κ2) is 6.46. The normalized spacial score (nSPS) is 21.5. The summed E-state index contributed by atoms with van der Waals surface area (Å²) in [6, 6.07) is 3.98. The van der Waals surface area contributed by atoms with Crippen molar-refractivity contribution < 1.29 is 8.42 Å². The van der Waals surface area contributed by atoms with Gasteiger partial charge in [0.15, 0.2) is 0 Å². The molecule has 0 radical (unpaired) electrons. The smallest absolute Gasteiger partial charge is 0.241 e. The number of hydrogen-bond donors (Lipinski definition) is 2. The average molecular weight is 310 g/mol. The zero-order valence-electron chi connectivity index (χ0n) is 13.4. The van der Waals surface area contributed by atoms with Gasteiger partial charge < -0.3 is 5.32 Å². The monoisotopic (exact) mass is 310 g/mol. The fourth-order valence-corrected chi connectivity index (χ4v) is 4.16. The van der Waals surface area contributed by atoms with Crippen LogP contribution in [-0.2, 0) is 16.6 Å². The van der Waals surface area contributed by atoms with Gasteiger partial charge >= 0.3 is 0 Å². The Morgan fingerprint density at radius 1 is 1.29 bits per heavy atom. The van der Waals surface area contributed by atoms with Crippen LogP contribution in [0.1, 0.15) is 43.4 Å². The molecule has 2 unspecified atom stereocenters. The lowest BCUT2D eigenvalue weighted by Crippen LogP contribution is -2.28. The highest BCUT2D eigenvalue weighted by atomic mass is 32.2. The van der Waals surface area contributed by atoms with Crippen molar-refractivity contribution in [1.82, 2.24) is 10.0 Å². The minimum Gasteiger partial charge on any atom is -0.313 e. The molecule has 0 aliphatic heterocycles. The maximum Gasteiger partial charge on any atom is 0.241 e. The summed E-state index contributed by atoms with van der Waals surface area (Å²) < 4.78 is 27.9. The van der Waals surface area contributed by atoms with Gasteiger partial charge in [-0.1, -0.05) is 19.9 Å². The summed E-state index contributed by atoms with van der Waals surface area (Å²) in [6.07, 6.45) is 2.01. The van der Waals surface area contributed by atoms with Crippen LogP contribution < -0.4 is 10.0 Å². The highest BCUT2D eigenvalue weighted by Gasteiger charge is 2.36. The molecule has 1 aromatic carbocycles. The Balaban J connectivity index is 2.24. The minimum atomic E-state index is -3.41. The molecule has 0 heterocycles. The molecule has 1 aliphatic carbocycles. The van der Waals surface area contributed by atoms with Gasteiger partial charge in [0.25, 0.3) is 0 Å². The van der Waals surface area contributed by atoms with Crippen molar-refractivity contribution in [2.75, 3.05) is 6.54 Å². The van der Waals surface area contributed by atoms with Crippen LogP contribution in [0.5, 0.6) is 0 Å². The van der Waals surface area contributed by atoms with Gasteiger partial charge in [-0.15, -0.1) is 0 Å². The molecule has 4 nitrogen and oxygen atoms in total. The van der Waals surface area contributed by atoms with E-state index in [1.54, 1.807) is 6.07 Å². The van der Waals surface area contributed by atoms with Gasteiger partial charge in [0.05, 0.1) is 4.90 Å². The molecule has 1 aromatic rings. The largest absolute Gasteiger partial charge is 0.313 e. The minimum absolute atomic E-state index is 0.108. The first-order valence-corrected chi connectivity index (χ1v) is 9.16. The van der Waals surface area contributed by atoms with Crippen LogP contribution in [0, 0.1) is 19.8 Å². The maximum atomic E-state index is 12.6. The maximum absolute atomic E-state index is 12.6. The number of aryl methyl sites for hydroxylation is 1. The third-order valence-electron chi connectivity index (χ3n) is 4.14. The molecule has 1 aliphatic rings. The Labute approximate surface area is 128 Å². The molecular weight excluding hydrogens is 284 g/mol. The molecule has 0 saturated heterocycles. The first kappa shape index (κ1) is 16.5. The molecule has 0 bridgehead atoms. The third-order valence-corrected chi connectivity index (χ3v) is 5.76. The standard InChI is InChI=1S/C16H26N2O2S/c1-5-6-17-10-14-7-11(2)13(4)16(9-14)21(19,20)18-15-8-12(15)3/h7,9,12,15,17-18H,5-6,8,10H2,1-4H3. The first-order chi connectivity index (χ1) is 9.85. The lowest BCUT2D eigenvalue weighted by molar-refractivity contribution is 0.577. The van der Waals surface area contributed by atoms with Crippen molar-refractivity contribution in [3.63, 3.8) is 0 Å². The molecule has 1 saturated carbocycles. The Bertz CT molecular complexity index is 611. The van der Waals surface area contributed by atoms with Gasteiger partial charge in [-0.25, -0.2) is 13.1 Å². The van der Waals surface area contributed by atoms with Gasteiger partial charge in [-0.05, 0) is 61.9 Å². The second-order valence-corrected chi connectivity index (χ2v) is 7.84. The summed E-state index contributed by atoms with van der Waals surface area (Å²) in [5, 5.41) is 3.32. The molecule has 2 atom stereocenters. The average Bonchev–Trinajstić information content (AvgIpc) is 3.08. The van der Waals surface area contributed by atoms with Crippen molar-refractivity contribution in [3.8, 4) is 0 Å². The summed E-state index contributed by atoms with van der Waals surface area (Å²) in [5.41, 5.74) is 2.89. The fraction of sp³-hybridized carbons (Fsp3) is 0.625. The van der Waals surface area contributed by atoms with E-state index in [4.69, 9.17) is 0 Å². The third kappa shape index (κ3) is 4.05. The van der Waals surface area contributed by atoms with Crippen LogP contribution in [0.4, 0.5) is 0 Å². The number of nitrogens with one attached hydrogen (secondary N) is 2. The number of sulfonamides is 1. The molecule has 1 fully saturated rings. The number of hydrogen-bond acceptors (Lipinski definition) is 3. The lowest BCUT2D eigenvalue weighted by atomic mass is 10.1. The number of benzene rings is 1. The zero-order chi connectivity index (χ0) is 15.6. The second-order valence-electron chi connectivity index (χ2n) is 6.15. The Morgan fingerprint density at radius 2 is 1.95 bits per heavy atom. The van der Waals surface area contributed by atoms with Crippen LogP contribution in [0.2, 0.25) is 0 Å². The fourth-order valence-electron chi connectivity index (χ4n) is 2.44. The van der Waals surface area contributed by atoms with Crippen LogP contribution >= 0.6 is 0 Å². The van der Waals surface area contributed by atoms with E-state index >= 15 is 0 Å². The van der Waals surface area contributed by atoms with Crippen LogP contribution in [0.15, 0.2) is 17.0 Å². The highest BCUT2D eigenvalue weighted by molar-refractivity contribution is 7.89. The number of rotatable bonds is 7. The predicted octanol–water partition coefficient (Wildman–Crippen LogP) is 2.49. The van der Waals surface area contributed by atoms with Crippen molar-refractivity contribution in [3.05, 3.63) is 28.8 Å². The Morgan fingerprint density at radius 3 is 2.52 bits per heavy atom. The van der Waals surface area contributed by atoms with Crippen molar-refractivity contribution in [2.24, 2.45) is 5.92 Å². The van der Waals surface area contributed by atoms with Gasteiger partial charge in [0.1, 0.15) is 0 Å². The molecule has 0 aromatic heterocycles. The van der Waals surface area contributed by atoms with Crippen LogP contribution in [0.25, 0.3) is 0 Å². The Kier molecular flexibility index (Phi) is 5.07. The van der Waals surface area contributed by atoms with E-state index in [2.05, 4.69) is 30.0 Å². The summed E-state index contributed by atoms with van der Waals surface area (Å²) in [7, 11) is -3.41. The predicted molar refractivity (Wildman–Crippen MR) is 85.8 cm³/mol. The molecule has 5 heteroatoms. The van der Waals surface area contributed by atoms with E-state index in [0.29, 0.717) is 17.4 Å². The topological polar surface area (TPSA) is 58.2 Å². The van der Waals surface area contributed by atoms with E-state index in [9.17, 15) is 8.42 Å². The summed E-state index contributed by atoms with van der Waals surface area (Å²) in [6.45, 7) is 9.67. The molecule has 0 amide bonds. The highest BCUT2D eigenvalue weighted by Crippen LogP contribution is 2.31. The first-order valence-electron chi connectivity index (χ1n) is 7.68. The summed E-state index contributed by atoms with van der Waals surface area (Å²) in [5.74, 6) is 0.454. The SMILES string of the molecule is CCCNCc1cc(C)c(C)c(S(=O)(=O)NC2CC2C)c1. The van der Waals surface area contributed by atoms with E-state index in [0.717, 1.165) is 36.1 Å². The van der Waals surface area contributed by atoms with Gasteiger partial charge in [0.2, 0.25) is 10.0 Å². The van der Waals surface area contributed by atoms with Gasteiger partial charge in [-0.2, -0.15) is 0 Å². The summed E-state index contributed by atoms with van der Waals surface area (Å²) >= 11 is 0. The molecule has 0 spiro atoms. The molecule has 118 valence electrons. The molecule has 21 heavy (non-hydrogen) atoms.